The zero-order valence-electron chi connectivity index (χ0n) is 9.41. The highest BCUT2D eigenvalue weighted by Crippen LogP contribution is 2.34. The van der Waals surface area contributed by atoms with Gasteiger partial charge >= 0.3 is 0 Å². The molecule has 0 nitrogen and oxygen atoms in total. The molecule has 0 atom stereocenters. The van der Waals surface area contributed by atoms with E-state index < -0.39 is 0 Å². The molecule has 0 heterocycles. The zero-order chi connectivity index (χ0) is 9.61. The van der Waals surface area contributed by atoms with Crippen LogP contribution < -0.4 is 0 Å². The van der Waals surface area contributed by atoms with Gasteiger partial charge in [0.2, 0.25) is 0 Å². The average molecular weight is 168 g/mol. The Morgan fingerprint density at radius 3 is 2.00 bits per heavy atom. The molecule has 0 rings (SSSR count). The summed E-state index contributed by atoms with van der Waals surface area (Å²) in [5.74, 6) is 0. The minimum Gasteiger partial charge on any atom is -0.0851 e. The summed E-state index contributed by atoms with van der Waals surface area (Å²) in [6.45, 7) is 11.5. The van der Waals surface area contributed by atoms with E-state index >= 15 is 0 Å². The van der Waals surface area contributed by atoms with Gasteiger partial charge in [-0.25, -0.2) is 0 Å². The van der Waals surface area contributed by atoms with Crippen molar-refractivity contribution >= 4 is 0 Å². The molecule has 0 saturated heterocycles. The van der Waals surface area contributed by atoms with Gasteiger partial charge in [0, 0.05) is 0 Å². The Hall–Kier alpha value is -0.260. The van der Waals surface area contributed by atoms with Crippen molar-refractivity contribution in [3.8, 4) is 0 Å². The van der Waals surface area contributed by atoms with Gasteiger partial charge in [-0.1, -0.05) is 45.8 Å². The lowest BCUT2D eigenvalue weighted by molar-refractivity contribution is 0.366. The molecule has 0 aromatic carbocycles. The third-order valence-electron chi connectivity index (χ3n) is 3.25. The fourth-order valence-corrected chi connectivity index (χ4v) is 1.41. The molecule has 0 bridgehead atoms. The minimum atomic E-state index is 0.454. The van der Waals surface area contributed by atoms with Crippen LogP contribution in [0.5, 0.6) is 0 Å². The van der Waals surface area contributed by atoms with E-state index in [0.717, 1.165) is 0 Å². The quantitative estimate of drug-likeness (QED) is 0.528. The molecule has 0 aliphatic carbocycles. The molecule has 0 aliphatic heterocycles. The summed E-state index contributed by atoms with van der Waals surface area (Å²) in [7, 11) is 0. The molecule has 0 aromatic rings. The van der Waals surface area contributed by atoms with Crippen molar-refractivity contribution in [3.05, 3.63) is 11.6 Å². The van der Waals surface area contributed by atoms with Crippen LogP contribution in [0.2, 0.25) is 0 Å². The molecule has 0 fully saturated rings. The van der Waals surface area contributed by atoms with Gasteiger partial charge in [-0.05, 0) is 31.6 Å². The van der Waals surface area contributed by atoms with Crippen LogP contribution in [0.3, 0.4) is 0 Å². The van der Waals surface area contributed by atoms with E-state index in [-0.39, 0.29) is 0 Å². The maximum atomic E-state index is 2.41. The van der Waals surface area contributed by atoms with Crippen LogP contribution in [0, 0.1) is 5.41 Å². The van der Waals surface area contributed by atoms with Crippen LogP contribution >= 0.6 is 0 Å². The molecule has 0 aromatic heterocycles. The first kappa shape index (κ1) is 11.7. The van der Waals surface area contributed by atoms with Gasteiger partial charge in [-0.3, -0.25) is 0 Å². The highest BCUT2D eigenvalue weighted by molar-refractivity contribution is 5.09. The Morgan fingerprint density at radius 2 is 1.67 bits per heavy atom. The summed E-state index contributed by atoms with van der Waals surface area (Å²) in [4.78, 5) is 0. The topological polar surface area (TPSA) is 0 Å². The molecular formula is C12H24. The number of hydrogen-bond acceptors (Lipinski definition) is 0. The number of rotatable bonds is 5. The van der Waals surface area contributed by atoms with Gasteiger partial charge < -0.3 is 0 Å². The van der Waals surface area contributed by atoms with E-state index in [1.165, 1.54) is 25.7 Å². The molecule has 0 aliphatic rings. The van der Waals surface area contributed by atoms with Crippen molar-refractivity contribution in [3.63, 3.8) is 0 Å². The average Bonchev–Trinajstić information content (AvgIpc) is 2.12. The fourth-order valence-electron chi connectivity index (χ4n) is 1.41. The van der Waals surface area contributed by atoms with Crippen LogP contribution in [0.1, 0.15) is 60.3 Å². The van der Waals surface area contributed by atoms with Crippen molar-refractivity contribution in [1.29, 1.82) is 0 Å². The standard InChI is InChI=1S/C12H24/c1-6-9-10-11(4)12(5,7-2)8-3/h10H,6-9H2,1-5H3. The van der Waals surface area contributed by atoms with Gasteiger partial charge in [0.25, 0.3) is 0 Å². The largest absolute Gasteiger partial charge is 0.0851 e. The van der Waals surface area contributed by atoms with Crippen LogP contribution in [-0.4, -0.2) is 0 Å². The number of unbranched alkanes of at least 4 members (excludes halogenated alkanes) is 1. The summed E-state index contributed by atoms with van der Waals surface area (Å²) in [5.41, 5.74) is 2.03. The fraction of sp³-hybridized carbons (Fsp3) is 0.833. The van der Waals surface area contributed by atoms with Crippen molar-refractivity contribution in [2.45, 2.75) is 60.3 Å². The highest BCUT2D eigenvalue weighted by atomic mass is 14.3. The van der Waals surface area contributed by atoms with Crippen molar-refractivity contribution in [1.82, 2.24) is 0 Å². The smallest absolute Gasteiger partial charge is 0.0124 e. The van der Waals surface area contributed by atoms with E-state index in [9.17, 15) is 0 Å². The Balaban J connectivity index is 4.29. The van der Waals surface area contributed by atoms with Crippen LogP contribution in [0.4, 0.5) is 0 Å². The lowest BCUT2D eigenvalue weighted by Gasteiger charge is -2.28. The normalized spacial score (nSPS) is 13.6. The molecule has 0 unspecified atom stereocenters. The SMILES string of the molecule is CCCC=C(C)C(C)(CC)CC. The first-order valence-electron chi connectivity index (χ1n) is 5.28. The predicted molar refractivity (Wildman–Crippen MR) is 57.4 cm³/mol. The van der Waals surface area contributed by atoms with Crippen LogP contribution in [0.25, 0.3) is 0 Å². The number of allylic oxidation sites excluding steroid dienone is 2. The molecule has 0 amide bonds. The van der Waals surface area contributed by atoms with Gasteiger partial charge in [0.1, 0.15) is 0 Å². The van der Waals surface area contributed by atoms with Crippen LogP contribution in [0.15, 0.2) is 11.6 Å². The maximum absolute atomic E-state index is 2.41. The molecule has 12 heavy (non-hydrogen) atoms. The number of hydrogen-bond donors (Lipinski definition) is 0. The van der Waals surface area contributed by atoms with E-state index in [0.29, 0.717) is 5.41 Å². The lowest BCUT2D eigenvalue weighted by Crippen LogP contribution is -2.15. The van der Waals surface area contributed by atoms with Crippen molar-refractivity contribution in [2.75, 3.05) is 0 Å². The Bertz CT molecular complexity index is 138. The van der Waals surface area contributed by atoms with Crippen LogP contribution in [-0.2, 0) is 0 Å². The van der Waals surface area contributed by atoms with E-state index in [4.69, 9.17) is 0 Å². The second-order valence-electron chi connectivity index (χ2n) is 3.94. The van der Waals surface area contributed by atoms with Crippen molar-refractivity contribution < 1.29 is 0 Å². The predicted octanol–water partition coefficient (Wildman–Crippen LogP) is 4.56. The lowest BCUT2D eigenvalue weighted by atomic mass is 9.78. The van der Waals surface area contributed by atoms with Gasteiger partial charge in [0.15, 0.2) is 0 Å². The van der Waals surface area contributed by atoms with Crippen molar-refractivity contribution in [2.24, 2.45) is 5.41 Å². The van der Waals surface area contributed by atoms with Gasteiger partial charge in [0.05, 0.1) is 0 Å². The summed E-state index contributed by atoms with van der Waals surface area (Å²) < 4.78 is 0. The Morgan fingerprint density at radius 1 is 1.17 bits per heavy atom. The van der Waals surface area contributed by atoms with Gasteiger partial charge in [-0.15, -0.1) is 0 Å². The Kier molecular flexibility index (Phi) is 5.28. The molecule has 0 N–H and O–H groups in total. The van der Waals surface area contributed by atoms with E-state index in [2.05, 4.69) is 40.7 Å². The van der Waals surface area contributed by atoms with E-state index in [1.807, 2.05) is 0 Å². The molecule has 0 saturated carbocycles. The minimum absolute atomic E-state index is 0.454. The third kappa shape index (κ3) is 3.00. The van der Waals surface area contributed by atoms with E-state index in [1.54, 1.807) is 5.57 Å². The molecule has 0 heteroatoms. The second-order valence-corrected chi connectivity index (χ2v) is 3.94. The molecule has 72 valence electrons. The summed E-state index contributed by atoms with van der Waals surface area (Å²) in [6, 6.07) is 0. The third-order valence-corrected chi connectivity index (χ3v) is 3.25. The summed E-state index contributed by atoms with van der Waals surface area (Å²) >= 11 is 0. The first-order valence-corrected chi connectivity index (χ1v) is 5.28. The second kappa shape index (κ2) is 5.40. The molecular weight excluding hydrogens is 144 g/mol. The summed E-state index contributed by atoms with van der Waals surface area (Å²) in [5, 5.41) is 0. The van der Waals surface area contributed by atoms with Gasteiger partial charge in [-0.2, -0.15) is 0 Å². The molecule has 0 radical (unpaired) electrons. The maximum Gasteiger partial charge on any atom is -0.0124 e. The zero-order valence-corrected chi connectivity index (χ0v) is 9.41. The summed E-state index contributed by atoms with van der Waals surface area (Å²) in [6.07, 6.45) is 7.43. The highest BCUT2D eigenvalue weighted by Gasteiger charge is 2.20. The monoisotopic (exact) mass is 168 g/mol. The Labute approximate surface area is 78.1 Å². The first-order chi connectivity index (χ1) is 5.60. The molecule has 0 spiro atoms.